The Bertz CT molecular complexity index is 1260. The van der Waals surface area contributed by atoms with Crippen molar-refractivity contribution in [2.24, 2.45) is 5.16 Å². The Morgan fingerprint density at radius 3 is 2.52 bits per heavy atom. The molecule has 1 unspecified atom stereocenters. The summed E-state index contributed by atoms with van der Waals surface area (Å²) in [5.41, 5.74) is 0.0338. The van der Waals surface area contributed by atoms with Crippen LogP contribution in [0.25, 0.3) is 10.1 Å². The minimum absolute atomic E-state index is 0.0338. The molecule has 1 aliphatic heterocycles. The van der Waals surface area contributed by atoms with E-state index < -0.39 is 40.4 Å². The van der Waals surface area contributed by atoms with Crippen LogP contribution in [0, 0.1) is 0 Å². The van der Waals surface area contributed by atoms with Gasteiger partial charge < -0.3 is 0 Å². The second-order valence-corrected chi connectivity index (χ2v) is 10.1. The first-order valence-electron chi connectivity index (χ1n) is 8.76. The van der Waals surface area contributed by atoms with E-state index in [-0.39, 0.29) is 21.3 Å². The van der Waals surface area contributed by atoms with Crippen LogP contribution in [0.4, 0.5) is 18.2 Å². The number of sulfonamides is 1. The molecular weight excluding hydrogens is 475 g/mol. The summed E-state index contributed by atoms with van der Waals surface area (Å²) in [5.74, 6) is -0.0929. The van der Waals surface area contributed by atoms with Crippen LogP contribution < -0.4 is 9.03 Å². The number of hydrogen-bond acceptors (Lipinski definition) is 6. The molecule has 164 valence electrons. The third-order valence-electron chi connectivity index (χ3n) is 4.34. The van der Waals surface area contributed by atoms with E-state index in [1.807, 2.05) is 0 Å². The number of halogens is 3. The molecule has 0 radical (unpaired) electrons. The molecule has 2 heterocycles. The third kappa shape index (κ3) is 4.52. The van der Waals surface area contributed by atoms with E-state index in [1.54, 1.807) is 30.3 Å². The Morgan fingerprint density at radius 1 is 1.13 bits per heavy atom. The van der Waals surface area contributed by atoms with Crippen LogP contribution in [0.1, 0.15) is 12.0 Å². The fraction of sp³-hybridized carbons (Fsp3) is 0.167. The van der Waals surface area contributed by atoms with Crippen molar-refractivity contribution in [2.45, 2.75) is 17.5 Å². The Kier molecular flexibility index (Phi) is 5.66. The van der Waals surface area contributed by atoms with Gasteiger partial charge in [-0.25, -0.2) is 8.42 Å². The molecule has 0 saturated heterocycles. The minimum Gasteiger partial charge on any atom is -0.269 e. The summed E-state index contributed by atoms with van der Waals surface area (Å²) in [6.07, 6.45) is -5.87. The van der Waals surface area contributed by atoms with Gasteiger partial charge >= 0.3 is 17.4 Å². The highest BCUT2D eigenvalue weighted by Gasteiger charge is 2.35. The number of anilines is 1. The van der Waals surface area contributed by atoms with Gasteiger partial charge in [0.05, 0.1) is 11.3 Å². The molecule has 31 heavy (non-hydrogen) atoms. The first kappa shape index (κ1) is 21.6. The van der Waals surface area contributed by atoms with E-state index in [0.717, 1.165) is 20.3 Å². The van der Waals surface area contributed by atoms with Crippen molar-refractivity contribution >= 4 is 53.5 Å². The van der Waals surface area contributed by atoms with E-state index in [2.05, 4.69) is 14.2 Å². The zero-order valence-corrected chi connectivity index (χ0v) is 17.9. The van der Waals surface area contributed by atoms with Gasteiger partial charge in [0.1, 0.15) is 5.00 Å². The lowest BCUT2D eigenvalue weighted by Crippen LogP contribution is -2.35. The number of hydrogen-bond donors (Lipinski definition) is 1. The van der Waals surface area contributed by atoms with Crippen LogP contribution >= 0.6 is 11.3 Å². The molecule has 0 aliphatic carbocycles. The summed E-state index contributed by atoms with van der Waals surface area (Å²) in [6.45, 7) is -0.796. The van der Waals surface area contributed by atoms with Crippen molar-refractivity contribution in [1.82, 2.24) is 4.72 Å². The Hall–Kier alpha value is -2.64. The molecule has 2 aromatic carbocycles. The van der Waals surface area contributed by atoms with Crippen LogP contribution in [-0.4, -0.2) is 31.2 Å². The smallest absolute Gasteiger partial charge is 0.269 e. The standard InChI is InChI=1S/C18H14F3N3O4S3/c19-18(20,21)9-10-24(16-11-12-5-1-3-7-14(12)29-16)31(26,27)15-8-4-2-6-13(15)17-22-28-30(25)23-17/h1-8,11H,9-10H2,(H,22,23). The zero-order chi connectivity index (χ0) is 22.2. The number of benzene rings is 2. The molecule has 7 nitrogen and oxygen atoms in total. The van der Waals surface area contributed by atoms with Crippen molar-refractivity contribution in [3.8, 4) is 0 Å². The maximum Gasteiger partial charge on any atom is 0.390 e. The molecule has 0 amide bonds. The predicted octanol–water partition coefficient (Wildman–Crippen LogP) is 3.91. The van der Waals surface area contributed by atoms with Crippen LogP contribution in [-0.2, 0) is 25.6 Å². The highest BCUT2D eigenvalue weighted by molar-refractivity contribution is 7.93. The number of amidine groups is 1. The molecule has 3 aromatic rings. The van der Waals surface area contributed by atoms with Gasteiger partial charge in [0.25, 0.3) is 10.0 Å². The molecule has 1 N–H and O–H groups in total. The largest absolute Gasteiger partial charge is 0.390 e. The summed E-state index contributed by atoms with van der Waals surface area (Å²) in [4.78, 5) is -0.289. The van der Waals surface area contributed by atoms with E-state index in [9.17, 15) is 25.8 Å². The van der Waals surface area contributed by atoms with Gasteiger partial charge in [-0.05, 0) is 34.8 Å². The number of nitrogens with one attached hydrogen (secondary N) is 1. The lowest BCUT2D eigenvalue weighted by Gasteiger charge is -2.24. The fourth-order valence-corrected chi connectivity index (χ4v) is 6.40. The topological polar surface area (TPSA) is 88.1 Å². The first-order chi connectivity index (χ1) is 14.6. The van der Waals surface area contributed by atoms with Crippen molar-refractivity contribution in [1.29, 1.82) is 0 Å². The Labute approximate surface area is 182 Å². The summed E-state index contributed by atoms with van der Waals surface area (Å²) in [5, 5.41) is 4.43. The molecule has 4 rings (SSSR count). The van der Waals surface area contributed by atoms with Crippen LogP contribution in [0.15, 0.2) is 64.6 Å². The molecule has 0 fully saturated rings. The second-order valence-electron chi connectivity index (χ2n) is 6.41. The summed E-state index contributed by atoms with van der Waals surface area (Å²) in [6, 6.07) is 14.2. The molecular formula is C18H14F3N3O4S3. The van der Waals surface area contributed by atoms with E-state index >= 15 is 0 Å². The molecule has 1 atom stereocenters. The van der Waals surface area contributed by atoms with E-state index in [0.29, 0.717) is 5.39 Å². The van der Waals surface area contributed by atoms with E-state index in [1.165, 1.54) is 24.3 Å². The summed E-state index contributed by atoms with van der Waals surface area (Å²) >= 11 is -0.893. The highest BCUT2D eigenvalue weighted by atomic mass is 32.2. The average Bonchev–Trinajstić information content (AvgIpc) is 3.33. The molecule has 0 spiro atoms. The normalized spacial score (nSPS) is 16.6. The predicted molar refractivity (Wildman–Crippen MR) is 112 cm³/mol. The summed E-state index contributed by atoms with van der Waals surface area (Å²) < 4.78 is 86.0. The van der Waals surface area contributed by atoms with Crippen LogP contribution in [0.3, 0.4) is 0 Å². The number of nitrogens with zero attached hydrogens (tertiary/aromatic N) is 2. The molecule has 13 heteroatoms. The Balaban J connectivity index is 1.82. The number of alkyl halides is 3. The van der Waals surface area contributed by atoms with Crippen LogP contribution in [0.2, 0.25) is 0 Å². The van der Waals surface area contributed by atoms with Gasteiger partial charge in [0.15, 0.2) is 5.84 Å². The second kappa shape index (κ2) is 8.13. The fourth-order valence-electron chi connectivity index (χ4n) is 2.97. The van der Waals surface area contributed by atoms with Gasteiger partial charge in [-0.1, -0.05) is 30.3 Å². The van der Waals surface area contributed by atoms with Gasteiger partial charge in [-0.15, -0.1) is 11.3 Å². The number of thiophene rings is 1. The van der Waals surface area contributed by atoms with Crippen LogP contribution in [0.5, 0.6) is 0 Å². The quantitative estimate of drug-likeness (QED) is 0.569. The van der Waals surface area contributed by atoms with Crippen molar-refractivity contribution in [3.63, 3.8) is 0 Å². The monoisotopic (exact) mass is 489 g/mol. The number of oxime groups is 1. The third-order valence-corrected chi connectivity index (χ3v) is 8.04. The highest BCUT2D eigenvalue weighted by Crippen LogP contribution is 2.37. The van der Waals surface area contributed by atoms with Crippen molar-refractivity contribution in [3.05, 3.63) is 60.2 Å². The lowest BCUT2D eigenvalue weighted by atomic mass is 10.2. The number of fused-ring (bicyclic) bond motifs is 1. The molecule has 0 saturated carbocycles. The first-order valence-corrected chi connectivity index (χ1v) is 12.1. The van der Waals surface area contributed by atoms with Gasteiger partial charge in [-0.3, -0.25) is 13.3 Å². The average molecular weight is 490 g/mol. The van der Waals surface area contributed by atoms with Crippen molar-refractivity contribution in [2.75, 3.05) is 10.8 Å². The maximum absolute atomic E-state index is 13.6. The van der Waals surface area contributed by atoms with Gasteiger partial charge in [0.2, 0.25) is 0 Å². The maximum atomic E-state index is 13.6. The SMILES string of the molecule is O=S1NC(c2ccccc2S(=O)(=O)N(CCC(F)(F)F)c2cc3ccccc3s2)=NO1. The van der Waals surface area contributed by atoms with Crippen molar-refractivity contribution < 1.29 is 30.1 Å². The zero-order valence-electron chi connectivity index (χ0n) is 15.5. The minimum atomic E-state index is -4.55. The summed E-state index contributed by atoms with van der Waals surface area (Å²) in [7, 11) is -4.44. The molecule has 0 bridgehead atoms. The van der Waals surface area contributed by atoms with Gasteiger partial charge in [-0.2, -0.15) is 17.4 Å². The van der Waals surface area contributed by atoms with E-state index in [4.69, 9.17) is 0 Å². The lowest BCUT2D eigenvalue weighted by molar-refractivity contribution is -0.131. The van der Waals surface area contributed by atoms with Gasteiger partial charge in [0, 0.05) is 16.8 Å². The molecule has 1 aromatic heterocycles. The molecule has 1 aliphatic rings. The number of rotatable bonds is 6. The Morgan fingerprint density at radius 2 is 1.84 bits per heavy atom.